The molecule has 0 fully saturated rings. The van der Waals surface area contributed by atoms with E-state index in [1.807, 2.05) is 0 Å². The van der Waals surface area contributed by atoms with Crippen molar-refractivity contribution in [2.45, 2.75) is 40.0 Å². The third kappa shape index (κ3) is 3.92. The van der Waals surface area contributed by atoms with E-state index in [-0.39, 0.29) is 23.0 Å². The Balaban J connectivity index is 2.19. The van der Waals surface area contributed by atoms with Gasteiger partial charge < -0.3 is 9.72 Å². The number of rotatable bonds is 5. The number of benzene rings is 1. The molecule has 4 nitrogen and oxygen atoms in total. The largest absolute Gasteiger partial charge is 0.483 e. The van der Waals surface area contributed by atoms with Crippen LogP contribution in [0, 0.1) is 13.8 Å². The van der Waals surface area contributed by atoms with Gasteiger partial charge in [-0.15, -0.1) is 0 Å². The van der Waals surface area contributed by atoms with Crippen LogP contribution < -0.4 is 4.74 Å². The van der Waals surface area contributed by atoms with Crippen LogP contribution in [0.3, 0.4) is 0 Å². The van der Waals surface area contributed by atoms with E-state index in [9.17, 15) is 22.8 Å². The predicted molar refractivity (Wildman–Crippen MR) is 86.1 cm³/mol. The normalized spacial score (nSPS) is 12.8. The highest BCUT2D eigenvalue weighted by atomic mass is 19.4. The monoisotopic (exact) mass is 353 g/mol. The summed E-state index contributed by atoms with van der Waals surface area (Å²) >= 11 is 0. The fourth-order valence-electron chi connectivity index (χ4n) is 2.71. The summed E-state index contributed by atoms with van der Waals surface area (Å²) in [6.07, 6.45) is -5.35. The lowest BCUT2D eigenvalue weighted by Crippen LogP contribution is -2.25. The molecule has 1 N–H and O–H groups in total. The summed E-state index contributed by atoms with van der Waals surface area (Å²) in [5.41, 5.74) is 1.07. The van der Waals surface area contributed by atoms with E-state index in [0.717, 1.165) is 12.1 Å². The molecule has 0 saturated carbocycles. The molecule has 134 valence electrons. The minimum absolute atomic E-state index is 0.151. The van der Waals surface area contributed by atoms with Gasteiger partial charge in [-0.25, -0.2) is 0 Å². The van der Waals surface area contributed by atoms with Crippen molar-refractivity contribution in [3.63, 3.8) is 0 Å². The molecule has 0 radical (unpaired) electrons. The third-order valence-corrected chi connectivity index (χ3v) is 3.90. The van der Waals surface area contributed by atoms with Crippen molar-refractivity contribution in [3.8, 4) is 5.75 Å². The van der Waals surface area contributed by atoms with Crippen molar-refractivity contribution < 1.29 is 27.5 Å². The minimum Gasteiger partial charge on any atom is -0.483 e. The standard InChI is InChI=1S/C18H18F3NO3/c1-9-15(11(3)23)10(2)22-16(9)17(24)12(4)25-14-7-5-13(6-8-14)18(19,20)21/h5-8,12,22H,1-4H3/t12-/m1/s1. The zero-order chi connectivity index (χ0) is 18.9. The highest BCUT2D eigenvalue weighted by Gasteiger charge is 2.30. The number of aromatic amines is 1. The van der Waals surface area contributed by atoms with Crippen molar-refractivity contribution >= 4 is 11.6 Å². The Morgan fingerprint density at radius 3 is 2.12 bits per heavy atom. The van der Waals surface area contributed by atoms with Gasteiger partial charge in [-0.3, -0.25) is 9.59 Å². The zero-order valence-electron chi connectivity index (χ0n) is 14.2. The molecule has 1 heterocycles. The van der Waals surface area contributed by atoms with Crippen LogP contribution >= 0.6 is 0 Å². The van der Waals surface area contributed by atoms with Gasteiger partial charge in [-0.05, 0) is 57.5 Å². The van der Waals surface area contributed by atoms with E-state index in [4.69, 9.17) is 4.74 Å². The van der Waals surface area contributed by atoms with E-state index in [1.54, 1.807) is 13.8 Å². The summed E-state index contributed by atoms with van der Waals surface area (Å²) < 4.78 is 43.1. The summed E-state index contributed by atoms with van der Waals surface area (Å²) in [5.74, 6) is -0.379. The van der Waals surface area contributed by atoms with E-state index < -0.39 is 17.8 Å². The summed E-state index contributed by atoms with van der Waals surface area (Å²) in [5, 5.41) is 0. The van der Waals surface area contributed by atoms with Crippen molar-refractivity contribution in [2.75, 3.05) is 0 Å². The molecule has 0 saturated heterocycles. The van der Waals surface area contributed by atoms with Crippen LogP contribution in [0.25, 0.3) is 0 Å². The van der Waals surface area contributed by atoms with Crippen LogP contribution in [0.15, 0.2) is 24.3 Å². The maximum Gasteiger partial charge on any atom is 0.416 e. The lowest BCUT2D eigenvalue weighted by Gasteiger charge is -2.14. The van der Waals surface area contributed by atoms with E-state index >= 15 is 0 Å². The quantitative estimate of drug-likeness (QED) is 0.805. The molecule has 2 rings (SSSR count). The summed E-state index contributed by atoms with van der Waals surface area (Å²) in [6.45, 7) is 6.28. The number of nitrogens with one attached hydrogen (secondary N) is 1. The number of alkyl halides is 3. The maximum atomic E-state index is 12.6. The van der Waals surface area contributed by atoms with Crippen molar-refractivity contribution in [1.29, 1.82) is 0 Å². The lowest BCUT2D eigenvalue weighted by molar-refractivity contribution is -0.137. The number of hydrogen-bond acceptors (Lipinski definition) is 3. The maximum absolute atomic E-state index is 12.6. The van der Waals surface area contributed by atoms with E-state index in [1.165, 1.54) is 26.0 Å². The second-order valence-corrected chi connectivity index (χ2v) is 5.83. The van der Waals surface area contributed by atoms with Crippen molar-refractivity contribution in [2.24, 2.45) is 0 Å². The molecule has 1 atom stereocenters. The fraction of sp³-hybridized carbons (Fsp3) is 0.333. The van der Waals surface area contributed by atoms with Crippen molar-refractivity contribution in [1.82, 2.24) is 4.98 Å². The smallest absolute Gasteiger partial charge is 0.416 e. The zero-order valence-corrected chi connectivity index (χ0v) is 14.2. The average molecular weight is 353 g/mol. The van der Waals surface area contributed by atoms with Gasteiger partial charge in [0.2, 0.25) is 5.78 Å². The molecule has 0 aliphatic rings. The Morgan fingerprint density at radius 1 is 1.12 bits per heavy atom. The predicted octanol–water partition coefficient (Wildman–Crippen LogP) is 4.50. The Hall–Kier alpha value is -2.57. The van der Waals surface area contributed by atoms with Gasteiger partial charge in [0.05, 0.1) is 11.3 Å². The van der Waals surface area contributed by atoms with E-state index in [0.29, 0.717) is 16.8 Å². The van der Waals surface area contributed by atoms with Gasteiger partial charge in [0, 0.05) is 11.3 Å². The first-order chi connectivity index (χ1) is 11.5. The molecule has 0 spiro atoms. The van der Waals surface area contributed by atoms with E-state index in [2.05, 4.69) is 4.98 Å². The van der Waals surface area contributed by atoms with Gasteiger partial charge >= 0.3 is 6.18 Å². The average Bonchev–Trinajstić information content (AvgIpc) is 2.80. The first-order valence-corrected chi connectivity index (χ1v) is 7.60. The Kier molecular flexibility index (Phi) is 5.06. The lowest BCUT2D eigenvalue weighted by atomic mass is 10.0. The molecular formula is C18H18F3NO3. The minimum atomic E-state index is -4.43. The summed E-state index contributed by atoms with van der Waals surface area (Å²) in [6, 6.07) is 4.12. The second-order valence-electron chi connectivity index (χ2n) is 5.83. The Bertz CT molecular complexity index is 804. The summed E-state index contributed by atoms with van der Waals surface area (Å²) in [7, 11) is 0. The molecule has 0 aliphatic carbocycles. The number of carbonyl (C=O) groups is 2. The number of Topliss-reactive ketones (excluding diaryl/α,β-unsaturated/α-hetero) is 2. The van der Waals surface area contributed by atoms with Gasteiger partial charge in [-0.1, -0.05) is 0 Å². The number of ether oxygens (including phenoxy) is 1. The fourth-order valence-corrected chi connectivity index (χ4v) is 2.71. The highest BCUT2D eigenvalue weighted by molar-refractivity contribution is 6.04. The number of halogens is 3. The number of ketones is 2. The first-order valence-electron chi connectivity index (χ1n) is 7.60. The molecule has 0 bridgehead atoms. The third-order valence-electron chi connectivity index (χ3n) is 3.90. The molecule has 25 heavy (non-hydrogen) atoms. The van der Waals surface area contributed by atoms with Crippen LogP contribution in [0.2, 0.25) is 0 Å². The second kappa shape index (κ2) is 6.74. The van der Waals surface area contributed by atoms with Crippen LogP contribution in [-0.2, 0) is 6.18 Å². The van der Waals surface area contributed by atoms with Gasteiger partial charge in [0.15, 0.2) is 11.9 Å². The van der Waals surface area contributed by atoms with Crippen molar-refractivity contribution in [3.05, 3.63) is 52.3 Å². The van der Waals surface area contributed by atoms with Crippen LogP contribution in [0.4, 0.5) is 13.2 Å². The topological polar surface area (TPSA) is 59.2 Å². The number of hydrogen-bond donors (Lipinski definition) is 1. The number of carbonyl (C=O) groups excluding carboxylic acids is 2. The molecule has 7 heteroatoms. The molecular weight excluding hydrogens is 335 g/mol. The van der Waals surface area contributed by atoms with Gasteiger partial charge in [-0.2, -0.15) is 13.2 Å². The number of aromatic nitrogens is 1. The Labute approximate surface area is 143 Å². The van der Waals surface area contributed by atoms with Crippen LogP contribution in [0.5, 0.6) is 5.75 Å². The highest BCUT2D eigenvalue weighted by Crippen LogP contribution is 2.30. The van der Waals surface area contributed by atoms with Gasteiger partial charge in [0.25, 0.3) is 0 Å². The number of H-pyrrole nitrogens is 1. The number of aryl methyl sites for hydroxylation is 1. The first kappa shape index (κ1) is 18.8. The SMILES string of the molecule is CC(=O)c1c(C)[nH]c(C(=O)[C@@H](C)Oc2ccc(C(F)(F)F)cc2)c1C. The molecule has 1 aromatic carbocycles. The van der Waals surface area contributed by atoms with Crippen LogP contribution in [0.1, 0.15) is 51.5 Å². The molecule has 0 aliphatic heterocycles. The molecule has 2 aromatic rings. The molecule has 0 unspecified atom stereocenters. The Morgan fingerprint density at radius 2 is 1.68 bits per heavy atom. The summed E-state index contributed by atoms with van der Waals surface area (Å²) in [4.78, 5) is 27.1. The molecule has 1 aromatic heterocycles. The van der Waals surface area contributed by atoms with Gasteiger partial charge in [0.1, 0.15) is 5.75 Å². The molecule has 0 amide bonds. The van der Waals surface area contributed by atoms with Crippen LogP contribution in [-0.4, -0.2) is 22.7 Å².